The molecule has 18 heavy (non-hydrogen) atoms. The van der Waals surface area contributed by atoms with E-state index in [9.17, 15) is 17.2 Å². The summed E-state index contributed by atoms with van der Waals surface area (Å²) in [5.41, 5.74) is 0.558. The van der Waals surface area contributed by atoms with Crippen LogP contribution in [0.1, 0.15) is 5.56 Å². The Kier molecular flexibility index (Phi) is 3.89. The number of hydrogen-bond acceptors (Lipinski definition) is 2. The molecule has 1 heterocycles. The molecule has 1 aromatic rings. The van der Waals surface area contributed by atoms with Crippen LogP contribution in [0.3, 0.4) is 0 Å². The molecule has 1 saturated heterocycles. The maximum atomic E-state index is 12.3. The molecule has 2 rings (SSSR count). The lowest BCUT2D eigenvalue weighted by Gasteiger charge is -2.37. The third-order valence-electron chi connectivity index (χ3n) is 2.86. The van der Waals surface area contributed by atoms with Crippen LogP contribution in [-0.2, 0) is 15.8 Å². The van der Waals surface area contributed by atoms with Crippen LogP contribution in [0.2, 0.25) is 5.02 Å². The molecule has 3 nitrogen and oxygen atoms in total. The topological polar surface area (TPSA) is 37.4 Å². The Morgan fingerprint density at radius 2 is 2.06 bits per heavy atom. The molecule has 7 heteroatoms. The van der Waals surface area contributed by atoms with Crippen LogP contribution in [0.4, 0.5) is 8.78 Å². The first kappa shape index (κ1) is 13.7. The average molecular weight is 296 g/mol. The maximum absolute atomic E-state index is 12.3. The van der Waals surface area contributed by atoms with Crippen LogP contribution in [0.5, 0.6) is 0 Å². The van der Waals surface area contributed by atoms with Gasteiger partial charge in [0.2, 0.25) is 16.4 Å². The van der Waals surface area contributed by atoms with Crippen LogP contribution in [-0.4, -0.2) is 32.2 Å². The molecule has 0 radical (unpaired) electrons. The van der Waals surface area contributed by atoms with Crippen LogP contribution in [0.15, 0.2) is 24.3 Å². The van der Waals surface area contributed by atoms with E-state index < -0.39 is 22.4 Å². The molecular weight excluding hydrogens is 284 g/mol. The van der Waals surface area contributed by atoms with Gasteiger partial charge in [-0.2, -0.15) is 0 Å². The first-order valence-electron chi connectivity index (χ1n) is 5.39. The first-order chi connectivity index (χ1) is 8.38. The van der Waals surface area contributed by atoms with Gasteiger partial charge in [-0.3, -0.25) is 0 Å². The molecule has 1 aliphatic heterocycles. The van der Waals surface area contributed by atoms with Crippen molar-refractivity contribution in [2.75, 3.05) is 13.1 Å². The molecule has 0 spiro atoms. The zero-order valence-electron chi connectivity index (χ0n) is 9.39. The lowest BCUT2D eigenvalue weighted by Crippen LogP contribution is -2.52. The van der Waals surface area contributed by atoms with Crippen LogP contribution in [0, 0.1) is 5.92 Å². The Morgan fingerprint density at radius 1 is 1.39 bits per heavy atom. The standard InChI is InChI=1S/C11H12ClF2NO2S/c12-10-3-1-2-8(4-10)7-18(16,17)15-5-9(6-15)11(13)14/h1-4,9,11H,5-7H2. The summed E-state index contributed by atoms with van der Waals surface area (Å²) in [5.74, 6) is -1.04. The van der Waals surface area contributed by atoms with Gasteiger partial charge >= 0.3 is 0 Å². The van der Waals surface area contributed by atoms with E-state index in [1.165, 1.54) is 0 Å². The van der Waals surface area contributed by atoms with Gasteiger partial charge in [0.15, 0.2) is 0 Å². The van der Waals surface area contributed by atoms with Crippen molar-refractivity contribution in [3.8, 4) is 0 Å². The molecule has 0 bridgehead atoms. The highest BCUT2D eigenvalue weighted by Crippen LogP contribution is 2.27. The van der Waals surface area contributed by atoms with Crippen LogP contribution >= 0.6 is 11.6 Å². The summed E-state index contributed by atoms with van der Waals surface area (Å²) in [6.45, 7) is -0.193. The Labute approximate surface area is 109 Å². The second-order valence-electron chi connectivity index (χ2n) is 4.30. The van der Waals surface area contributed by atoms with Gasteiger partial charge in [-0.15, -0.1) is 0 Å². The lowest BCUT2D eigenvalue weighted by atomic mass is 10.1. The van der Waals surface area contributed by atoms with Gasteiger partial charge < -0.3 is 0 Å². The number of hydrogen-bond donors (Lipinski definition) is 0. The summed E-state index contributed by atoms with van der Waals surface area (Å²) in [6, 6.07) is 6.51. The molecule has 0 atom stereocenters. The van der Waals surface area contributed by atoms with E-state index >= 15 is 0 Å². The molecular formula is C11H12ClF2NO2S. The number of sulfonamides is 1. The normalized spacial score (nSPS) is 18.0. The summed E-state index contributed by atoms with van der Waals surface area (Å²) >= 11 is 5.76. The van der Waals surface area contributed by atoms with Crippen molar-refractivity contribution in [2.24, 2.45) is 5.92 Å². The summed E-state index contributed by atoms with van der Waals surface area (Å²) in [5, 5.41) is 0.455. The Morgan fingerprint density at radius 3 is 2.61 bits per heavy atom. The van der Waals surface area contributed by atoms with Gasteiger partial charge in [0.25, 0.3) is 0 Å². The van der Waals surface area contributed by atoms with Crippen molar-refractivity contribution in [1.29, 1.82) is 0 Å². The predicted molar refractivity (Wildman–Crippen MR) is 65.1 cm³/mol. The molecule has 0 aliphatic carbocycles. The van der Waals surface area contributed by atoms with Crippen molar-refractivity contribution in [3.05, 3.63) is 34.9 Å². The predicted octanol–water partition coefficient (Wildman–Crippen LogP) is 2.37. The van der Waals surface area contributed by atoms with E-state index in [1.807, 2.05) is 0 Å². The van der Waals surface area contributed by atoms with E-state index in [2.05, 4.69) is 0 Å². The minimum atomic E-state index is -3.52. The van der Waals surface area contributed by atoms with Gasteiger partial charge in [0.05, 0.1) is 5.75 Å². The summed E-state index contributed by atoms with van der Waals surface area (Å²) < 4.78 is 49.5. The quantitative estimate of drug-likeness (QED) is 0.855. The minimum Gasteiger partial charge on any atom is -0.212 e. The van der Waals surface area contributed by atoms with E-state index in [0.29, 0.717) is 10.6 Å². The SMILES string of the molecule is O=S(=O)(Cc1cccc(Cl)c1)N1CC(C(F)F)C1. The number of nitrogens with zero attached hydrogens (tertiary/aromatic N) is 1. The molecule has 0 saturated carbocycles. The first-order valence-corrected chi connectivity index (χ1v) is 7.37. The third kappa shape index (κ3) is 2.99. The molecule has 0 N–H and O–H groups in total. The molecule has 0 aromatic heterocycles. The van der Waals surface area contributed by atoms with E-state index in [-0.39, 0.29) is 18.8 Å². The van der Waals surface area contributed by atoms with E-state index in [0.717, 1.165) is 4.31 Å². The fourth-order valence-electron chi connectivity index (χ4n) is 1.78. The zero-order chi connectivity index (χ0) is 13.3. The number of rotatable bonds is 4. The zero-order valence-corrected chi connectivity index (χ0v) is 11.0. The van der Waals surface area contributed by atoms with Crippen molar-refractivity contribution in [3.63, 3.8) is 0 Å². The second-order valence-corrected chi connectivity index (χ2v) is 6.70. The van der Waals surface area contributed by atoms with Gasteiger partial charge in [-0.1, -0.05) is 23.7 Å². The second kappa shape index (κ2) is 5.11. The highest BCUT2D eigenvalue weighted by Gasteiger charge is 2.40. The highest BCUT2D eigenvalue weighted by atomic mass is 35.5. The van der Waals surface area contributed by atoms with Gasteiger partial charge in [-0.25, -0.2) is 21.5 Å². The molecule has 1 aliphatic rings. The fourth-order valence-corrected chi connectivity index (χ4v) is 3.62. The summed E-state index contributed by atoms with van der Waals surface area (Å²) in [7, 11) is -3.52. The molecule has 1 aromatic carbocycles. The largest absolute Gasteiger partial charge is 0.243 e. The monoisotopic (exact) mass is 295 g/mol. The molecule has 0 amide bonds. The fraction of sp³-hybridized carbons (Fsp3) is 0.455. The number of halogens is 3. The Bertz CT molecular complexity index is 530. The molecule has 1 fully saturated rings. The summed E-state index contributed by atoms with van der Waals surface area (Å²) in [4.78, 5) is 0. The van der Waals surface area contributed by atoms with E-state index in [1.54, 1.807) is 24.3 Å². The van der Waals surface area contributed by atoms with Crippen molar-refractivity contribution >= 4 is 21.6 Å². The minimum absolute atomic E-state index is 0.0967. The highest BCUT2D eigenvalue weighted by molar-refractivity contribution is 7.88. The van der Waals surface area contributed by atoms with Gasteiger partial charge in [0.1, 0.15) is 0 Å². The van der Waals surface area contributed by atoms with Crippen LogP contribution in [0.25, 0.3) is 0 Å². The Hall–Kier alpha value is -0.720. The third-order valence-corrected chi connectivity index (χ3v) is 4.88. The maximum Gasteiger partial charge on any atom is 0.243 e. The average Bonchev–Trinajstić information content (AvgIpc) is 2.12. The van der Waals surface area contributed by atoms with Gasteiger partial charge in [0, 0.05) is 24.0 Å². The van der Waals surface area contributed by atoms with Crippen LogP contribution < -0.4 is 0 Å². The smallest absolute Gasteiger partial charge is 0.212 e. The van der Waals surface area contributed by atoms with Gasteiger partial charge in [-0.05, 0) is 17.7 Å². The molecule has 100 valence electrons. The number of alkyl halides is 2. The van der Waals surface area contributed by atoms with Crippen molar-refractivity contribution in [2.45, 2.75) is 12.2 Å². The summed E-state index contributed by atoms with van der Waals surface area (Å²) in [6.07, 6.45) is -2.46. The molecule has 0 unspecified atom stereocenters. The van der Waals surface area contributed by atoms with Crippen molar-refractivity contribution in [1.82, 2.24) is 4.31 Å². The Balaban J connectivity index is 2.01. The van der Waals surface area contributed by atoms with E-state index in [4.69, 9.17) is 11.6 Å². The lowest BCUT2D eigenvalue weighted by molar-refractivity contribution is 0.0123. The number of benzene rings is 1. The van der Waals surface area contributed by atoms with Crippen molar-refractivity contribution < 1.29 is 17.2 Å².